The molecule has 1 aromatic rings. The third-order valence-corrected chi connectivity index (χ3v) is 5.16. The van der Waals surface area contributed by atoms with Crippen molar-refractivity contribution < 1.29 is 18.0 Å². The van der Waals surface area contributed by atoms with Gasteiger partial charge in [-0.2, -0.15) is 13.2 Å². The molecule has 140 valence electrons. The summed E-state index contributed by atoms with van der Waals surface area (Å²) >= 11 is 0. The van der Waals surface area contributed by atoms with E-state index in [0.29, 0.717) is 30.9 Å². The van der Waals surface area contributed by atoms with Crippen LogP contribution in [-0.2, 0) is 0 Å². The number of nitrogens with one attached hydrogen (secondary N) is 1. The first-order valence-electron chi connectivity index (χ1n) is 8.88. The molecule has 0 radical (unpaired) electrons. The van der Waals surface area contributed by atoms with Gasteiger partial charge >= 0.3 is 6.18 Å². The van der Waals surface area contributed by atoms with Gasteiger partial charge < -0.3 is 11.1 Å². The smallest absolute Gasteiger partial charge is 0.366 e. The number of benzene rings is 1. The van der Waals surface area contributed by atoms with Crippen LogP contribution in [0.1, 0.15) is 61.5 Å². The zero-order chi connectivity index (χ0) is 18.6. The Morgan fingerprint density at radius 1 is 1.16 bits per heavy atom. The summed E-state index contributed by atoms with van der Waals surface area (Å²) in [6.45, 7) is 4.91. The maximum Gasteiger partial charge on any atom is 0.391 e. The zero-order valence-electron chi connectivity index (χ0n) is 14.8. The molecule has 25 heavy (non-hydrogen) atoms. The predicted octanol–water partition coefficient (Wildman–Crippen LogP) is 4.44. The molecule has 6 heteroatoms. The lowest BCUT2D eigenvalue weighted by molar-refractivity contribution is -0.183. The van der Waals surface area contributed by atoms with Crippen LogP contribution < -0.4 is 11.1 Å². The average Bonchev–Trinajstić information content (AvgIpc) is 2.55. The van der Waals surface area contributed by atoms with E-state index < -0.39 is 18.0 Å². The van der Waals surface area contributed by atoms with Gasteiger partial charge in [-0.3, -0.25) is 4.79 Å². The van der Waals surface area contributed by atoms with Crippen molar-refractivity contribution >= 4 is 5.91 Å². The molecule has 1 aromatic carbocycles. The highest BCUT2D eigenvalue weighted by molar-refractivity contribution is 5.92. The second kappa shape index (κ2) is 8.21. The first-order chi connectivity index (χ1) is 11.7. The number of carbonyl (C=O) groups excluding carboxylic acids is 1. The number of hydrogen-bond acceptors (Lipinski definition) is 2. The van der Waals surface area contributed by atoms with E-state index in [1.54, 1.807) is 12.1 Å². The average molecular weight is 356 g/mol. The van der Waals surface area contributed by atoms with E-state index in [1.165, 1.54) is 0 Å². The molecular formula is C19H27F3N2O. The number of carbonyl (C=O) groups is 1. The Bertz CT molecular complexity index is 561. The van der Waals surface area contributed by atoms with E-state index in [2.05, 4.69) is 19.2 Å². The molecule has 1 unspecified atom stereocenters. The molecule has 0 saturated heterocycles. The Kier molecular flexibility index (Phi) is 6.49. The Morgan fingerprint density at radius 3 is 2.16 bits per heavy atom. The lowest BCUT2D eigenvalue weighted by Gasteiger charge is -2.32. The molecule has 0 aliphatic heterocycles. The van der Waals surface area contributed by atoms with Gasteiger partial charge in [-0.05, 0) is 61.8 Å². The quantitative estimate of drug-likeness (QED) is 0.792. The van der Waals surface area contributed by atoms with Crippen LogP contribution in [0.3, 0.4) is 0 Å². The van der Waals surface area contributed by atoms with Crippen molar-refractivity contribution in [1.29, 1.82) is 0 Å². The molecule has 1 amide bonds. The molecule has 2 rings (SSSR count). The molecular weight excluding hydrogens is 329 g/mol. The second-order valence-corrected chi connectivity index (χ2v) is 7.38. The molecule has 1 aliphatic rings. The highest BCUT2D eigenvalue weighted by Crippen LogP contribution is 2.39. The van der Waals surface area contributed by atoms with Gasteiger partial charge in [0.15, 0.2) is 0 Å². The van der Waals surface area contributed by atoms with Crippen molar-refractivity contribution in [2.45, 2.75) is 51.7 Å². The largest absolute Gasteiger partial charge is 0.391 e. The van der Waals surface area contributed by atoms with Gasteiger partial charge in [0.1, 0.15) is 0 Å². The van der Waals surface area contributed by atoms with Crippen LogP contribution in [0.5, 0.6) is 0 Å². The number of hydrogen-bond donors (Lipinski definition) is 2. The van der Waals surface area contributed by atoms with E-state index in [4.69, 9.17) is 5.73 Å². The standard InChI is InChI=1S/C19H27F3N2O/c1-12(2)17(14-5-7-15(8-6-14)18(23)25)24-11-13-3-9-16(10-4-13)19(20,21)22/h5-8,12-13,16-17,24H,3-4,9-11H2,1-2H3,(H2,23,25)/t13-,16-,17?. The first-order valence-corrected chi connectivity index (χ1v) is 8.88. The molecule has 0 heterocycles. The van der Waals surface area contributed by atoms with Gasteiger partial charge in [-0.15, -0.1) is 0 Å². The maximum absolute atomic E-state index is 12.8. The highest BCUT2D eigenvalue weighted by atomic mass is 19.4. The lowest BCUT2D eigenvalue weighted by atomic mass is 9.81. The zero-order valence-corrected chi connectivity index (χ0v) is 14.8. The van der Waals surface area contributed by atoms with Crippen LogP contribution in [-0.4, -0.2) is 18.6 Å². The molecule has 3 nitrogen and oxygen atoms in total. The molecule has 1 atom stereocenters. The summed E-state index contributed by atoms with van der Waals surface area (Å²) < 4.78 is 38.3. The van der Waals surface area contributed by atoms with Crippen molar-refractivity contribution in [3.8, 4) is 0 Å². The van der Waals surface area contributed by atoms with Crippen LogP contribution in [0.4, 0.5) is 13.2 Å². The van der Waals surface area contributed by atoms with Gasteiger partial charge in [-0.25, -0.2) is 0 Å². The summed E-state index contributed by atoms with van der Waals surface area (Å²) in [6.07, 6.45) is -2.36. The Hall–Kier alpha value is -1.56. The van der Waals surface area contributed by atoms with Crippen molar-refractivity contribution in [3.63, 3.8) is 0 Å². The van der Waals surface area contributed by atoms with E-state index >= 15 is 0 Å². The van der Waals surface area contributed by atoms with Gasteiger partial charge in [0.25, 0.3) is 0 Å². The maximum atomic E-state index is 12.8. The Morgan fingerprint density at radius 2 is 1.72 bits per heavy atom. The van der Waals surface area contributed by atoms with Crippen LogP contribution >= 0.6 is 0 Å². The fraction of sp³-hybridized carbons (Fsp3) is 0.632. The number of amides is 1. The molecule has 1 fully saturated rings. The number of alkyl halides is 3. The van der Waals surface area contributed by atoms with Gasteiger partial charge in [-0.1, -0.05) is 26.0 Å². The second-order valence-electron chi connectivity index (χ2n) is 7.38. The van der Waals surface area contributed by atoms with Crippen molar-refractivity contribution in [2.75, 3.05) is 6.54 Å². The fourth-order valence-corrected chi connectivity index (χ4v) is 3.58. The number of rotatable bonds is 6. The summed E-state index contributed by atoms with van der Waals surface area (Å²) in [5.41, 5.74) is 6.79. The van der Waals surface area contributed by atoms with E-state index in [1.807, 2.05) is 12.1 Å². The summed E-state index contributed by atoms with van der Waals surface area (Å²) in [5, 5.41) is 3.51. The molecule has 0 spiro atoms. The Labute approximate surface area is 147 Å². The predicted molar refractivity (Wildman–Crippen MR) is 92.0 cm³/mol. The van der Waals surface area contributed by atoms with Crippen LogP contribution in [0.15, 0.2) is 24.3 Å². The van der Waals surface area contributed by atoms with Crippen LogP contribution in [0, 0.1) is 17.8 Å². The molecule has 3 N–H and O–H groups in total. The minimum atomic E-state index is -4.05. The third kappa shape index (κ3) is 5.46. The summed E-state index contributed by atoms with van der Waals surface area (Å²) in [6, 6.07) is 7.30. The minimum absolute atomic E-state index is 0.0993. The van der Waals surface area contributed by atoms with E-state index in [9.17, 15) is 18.0 Å². The summed E-state index contributed by atoms with van der Waals surface area (Å²) in [5.74, 6) is -0.983. The third-order valence-electron chi connectivity index (χ3n) is 5.16. The van der Waals surface area contributed by atoms with Crippen LogP contribution in [0.2, 0.25) is 0 Å². The number of halogens is 3. The van der Waals surface area contributed by atoms with E-state index in [0.717, 1.165) is 5.56 Å². The molecule has 0 aromatic heterocycles. The molecule has 0 bridgehead atoms. The Balaban J connectivity index is 1.91. The minimum Gasteiger partial charge on any atom is -0.366 e. The number of primary amides is 1. The summed E-state index contributed by atoms with van der Waals surface area (Å²) in [4.78, 5) is 11.2. The van der Waals surface area contributed by atoms with Crippen LogP contribution in [0.25, 0.3) is 0 Å². The molecule has 1 saturated carbocycles. The van der Waals surface area contributed by atoms with Gasteiger partial charge in [0, 0.05) is 11.6 Å². The van der Waals surface area contributed by atoms with Gasteiger partial charge in [0.2, 0.25) is 5.91 Å². The normalized spacial score (nSPS) is 22.8. The topological polar surface area (TPSA) is 55.1 Å². The number of nitrogens with two attached hydrogens (primary N) is 1. The summed E-state index contributed by atoms with van der Waals surface area (Å²) in [7, 11) is 0. The van der Waals surface area contributed by atoms with E-state index in [-0.39, 0.29) is 24.8 Å². The monoisotopic (exact) mass is 356 g/mol. The van der Waals surface area contributed by atoms with Gasteiger partial charge in [0.05, 0.1) is 5.92 Å². The van der Waals surface area contributed by atoms with Crippen molar-refractivity contribution in [3.05, 3.63) is 35.4 Å². The SMILES string of the molecule is CC(C)C(NC[C@H]1CC[C@H](C(F)(F)F)CC1)c1ccc(C(N)=O)cc1. The lowest BCUT2D eigenvalue weighted by Crippen LogP contribution is -2.34. The van der Waals surface area contributed by atoms with Crippen molar-refractivity contribution in [2.24, 2.45) is 23.5 Å². The molecule has 1 aliphatic carbocycles. The van der Waals surface area contributed by atoms with Crippen molar-refractivity contribution in [1.82, 2.24) is 5.32 Å². The fourth-order valence-electron chi connectivity index (χ4n) is 3.58. The first kappa shape index (κ1) is 19.8. The highest BCUT2D eigenvalue weighted by Gasteiger charge is 2.41.